The number of piperidine rings is 1. The van der Waals surface area contributed by atoms with Crippen molar-refractivity contribution in [1.82, 2.24) is 4.90 Å². The predicted molar refractivity (Wildman–Crippen MR) is 50.0 cm³/mol. The lowest BCUT2D eigenvalue weighted by atomic mass is 9.82. The molecule has 0 amide bonds. The zero-order valence-corrected chi connectivity index (χ0v) is 7.84. The molecule has 3 atom stereocenters. The van der Waals surface area contributed by atoms with Crippen LogP contribution in [0.25, 0.3) is 0 Å². The lowest BCUT2D eigenvalue weighted by Crippen LogP contribution is -2.43. The third-order valence-electron chi connectivity index (χ3n) is 4.41. The van der Waals surface area contributed by atoms with Crippen molar-refractivity contribution in [2.75, 3.05) is 13.1 Å². The number of hydrogen-bond acceptors (Lipinski definition) is 1. The van der Waals surface area contributed by atoms with Crippen LogP contribution in [-0.4, -0.2) is 24.0 Å². The Morgan fingerprint density at radius 3 is 2.83 bits per heavy atom. The van der Waals surface area contributed by atoms with Gasteiger partial charge in [0.05, 0.1) is 0 Å². The minimum atomic E-state index is 1.02. The molecule has 12 heavy (non-hydrogen) atoms. The Kier molecular flexibility index (Phi) is 1.68. The lowest BCUT2D eigenvalue weighted by Gasteiger charge is -2.38. The molecule has 0 aromatic heterocycles. The zero-order chi connectivity index (χ0) is 7.97. The van der Waals surface area contributed by atoms with Crippen molar-refractivity contribution in [2.45, 2.75) is 44.6 Å². The molecule has 1 nitrogen and oxygen atoms in total. The first-order valence-corrected chi connectivity index (χ1v) is 5.69. The molecule has 3 unspecified atom stereocenters. The zero-order valence-electron chi connectivity index (χ0n) is 7.84. The molecule has 1 aliphatic carbocycles. The summed E-state index contributed by atoms with van der Waals surface area (Å²) in [5, 5.41) is 0. The topological polar surface area (TPSA) is 3.24 Å². The van der Waals surface area contributed by atoms with Crippen LogP contribution in [0.4, 0.5) is 0 Å². The van der Waals surface area contributed by atoms with Crippen LogP contribution in [0.2, 0.25) is 0 Å². The average molecular weight is 165 g/mol. The van der Waals surface area contributed by atoms with Gasteiger partial charge < -0.3 is 4.90 Å². The molecule has 0 aromatic carbocycles. The van der Waals surface area contributed by atoms with Crippen LogP contribution in [0.5, 0.6) is 0 Å². The second kappa shape index (κ2) is 2.73. The Hall–Kier alpha value is -0.0400. The predicted octanol–water partition coefficient (Wildman–Crippen LogP) is 2.27. The molecular formula is C11H19N. The van der Waals surface area contributed by atoms with Gasteiger partial charge in [0.2, 0.25) is 0 Å². The Labute approximate surface area is 75.1 Å². The average Bonchev–Trinajstić information content (AvgIpc) is 2.71. The summed E-state index contributed by atoms with van der Waals surface area (Å²) in [4.78, 5) is 2.77. The summed E-state index contributed by atoms with van der Waals surface area (Å²) in [6.45, 7) is 2.83. The highest BCUT2D eigenvalue weighted by Crippen LogP contribution is 2.44. The summed E-state index contributed by atoms with van der Waals surface area (Å²) >= 11 is 0. The van der Waals surface area contributed by atoms with Crippen LogP contribution in [0.1, 0.15) is 38.5 Å². The van der Waals surface area contributed by atoms with Gasteiger partial charge >= 0.3 is 0 Å². The highest BCUT2D eigenvalue weighted by Gasteiger charge is 2.41. The molecular weight excluding hydrogens is 146 g/mol. The first-order valence-electron chi connectivity index (χ1n) is 5.69. The van der Waals surface area contributed by atoms with Gasteiger partial charge in [-0.25, -0.2) is 0 Å². The monoisotopic (exact) mass is 165 g/mol. The van der Waals surface area contributed by atoms with Crippen molar-refractivity contribution in [3.63, 3.8) is 0 Å². The second-order valence-corrected chi connectivity index (χ2v) is 4.89. The summed E-state index contributed by atoms with van der Waals surface area (Å²) in [6, 6.07) is 1.02. The SMILES string of the molecule is C1CC2CCN3CCCC3C2C1. The first-order chi connectivity index (χ1) is 5.95. The number of fused-ring (bicyclic) bond motifs is 3. The van der Waals surface area contributed by atoms with Gasteiger partial charge in [-0.2, -0.15) is 0 Å². The molecule has 3 aliphatic rings. The Balaban J connectivity index is 1.81. The van der Waals surface area contributed by atoms with Crippen molar-refractivity contribution in [3.05, 3.63) is 0 Å². The van der Waals surface area contributed by atoms with Crippen molar-refractivity contribution in [2.24, 2.45) is 11.8 Å². The van der Waals surface area contributed by atoms with Gasteiger partial charge in [-0.3, -0.25) is 0 Å². The van der Waals surface area contributed by atoms with Crippen molar-refractivity contribution in [3.8, 4) is 0 Å². The molecule has 68 valence electrons. The molecule has 0 radical (unpaired) electrons. The number of hydrogen-bond donors (Lipinski definition) is 0. The van der Waals surface area contributed by atoms with E-state index in [-0.39, 0.29) is 0 Å². The third kappa shape index (κ3) is 0.953. The van der Waals surface area contributed by atoms with E-state index in [1.807, 2.05) is 0 Å². The van der Waals surface area contributed by atoms with Crippen LogP contribution in [-0.2, 0) is 0 Å². The summed E-state index contributed by atoms with van der Waals surface area (Å²) in [7, 11) is 0. The van der Waals surface area contributed by atoms with Crippen LogP contribution in [0, 0.1) is 11.8 Å². The van der Waals surface area contributed by atoms with Gasteiger partial charge in [0.25, 0.3) is 0 Å². The van der Waals surface area contributed by atoms with Gasteiger partial charge in [-0.05, 0) is 50.6 Å². The normalized spacial score (nSPS) is 47.5. The molecule has 0 aromatic rings. The maximum absolute atomic E-state index is 2.77. The Bertz CT molecular complexity index is 158. The smallest absolute Gasteiger partial charge is 0.0127 e. The van der Waals surface area contributed by atoms with Crippen molar-refractivity contribution < 1.29 is 0 Å². The van der Waals surface area contributed by atoms with Crippen LogP contribution in [0.15, 0.2) is 0 Å². The maximum Gasteiger partial charge on any atom is 0.0127 e. The third-order valence-corrected chi connectivity index (χ3v) is 4.41. The molecule has 1 saturated carbocycles. The van der Waals surface area contributed by atoms with Crippen molar-refractivity contribution >= 4 is 0 Å². The second-order valence-electron chi connectivity index (χ2n) is 4.89. The van der Waals surface area contributed by atoms with Crippen LogP contribution < -0.4 is 0 Å². The highest BCUT2D eigenvalue weighted by molar-refractivity contribution is 4.95. The minimum Gasteiger partial charge on any atom is -0.300 e. The van der Waals surface area contributed by atoms with E-state index in [1.54, 1.807) is 12.8 Å². The van der Waals surface area contributed by atoms with Gasteiger partial charge in [0.15, 0.2) is 0 Å². The summed E-state index contributed by atoms with van der Waals surface area (Å²) < 4.78 is 0. The largest absolute Gasteiger partial charge is 0.300 e. The molecule has 3 fully saturated rings. The lowest BCUT2D eigenvalue weighted by molar-refractivity contribution is 0.0992. The molecule has 1 heteroatoms. The summed E-state index contributed by atoms with van der Waals surface area (Å²) in [5.74, 6) is 2.24. The van der Waals surface area contributed by atoms with E-state index in [9.17, 15) is 0 Å². The maximum atomic E-state index is 2.77. The minimum absolute atomic E-state index is 1.02. The first kappa shape index (κ1) is 7.37. The quantitative estimate of drug-likeness (QED) is 0.532. The van der Waals surface area contributed by atoms with Gasteiger partial charge in [0, 0.05) is 6.04 Å². The number of rotatable bonds is 0. The van der Waals surface area contributed by atoms with Crippen LogP contribution in [0.3, 0.4) is 0 Å². The standard InChI is InChI=1S/C11H19N/c1-3-9-6-8-12-7-2-5-11(12)10(9)4-1/h9-11H,1-8H2. The molecule has 0 spiro atoms. The van der Waals surface area contributed by atoms with Gasteiger partial charge in [-0.1, -0.05) is 12.8 Å². The molecule has 2 heterocycles. The molecule has 0 N–H and O–H groups in total. The fraction of sp³-hybridized carbons (Fsp3) is 1.00. The molecule has 0 bridgehead atoms. The van der Waals surface area contributed by atoms with E-state index < -0.39 is 0 Å². The van der Waals surface area contributed by atoms with E-state index >= 15 is 0 Å². The van der Waals surface area contributed by atoms with E-state index in [0.29, 0.717) is 0 Å². The van der Waals surface area contributed by atoms with E-state index in [1.165, 1.54) is 38.8 Å². The molecule has 2 aliphatic heterocycles. The van der Waals surface area contributed by atoms with Gasteiger partial charge in [0.1, 0.15) is 0 Å². The summed E-state index contributed by atoms with van der Waals surface area (Å²) in [5.41, 5.74) is 0. The molecule has 3 rings (SSSR count). The van der Waals surface area contributed by atoms with E-state index in [0.717, 1.165) is 17.9 Å². The Morgan fingerprint density at radius 1 is 0.833 bits per heavy atom. The fourth-order valence-electron chi connectivity index (χ4n) is 3.88. The van der Waals surface area contributed by atoms with E-state index in [4.69, 9.17) is 0 Å². The van der Waals surface area contributed by atoms with E-state index in [2.05, 4.69) is 4.90 Å². The van der Waals surface area contributed by atoms with Crippen LogP contribution >= 0.6 is 0 Å². The summed E-state index contributed by atoms with van der Waals surface area (Å²) in [6.07, 6.45) is 9.14. The highest BCUT2D eigenvalue weighted by atomic mass is 15.2. The fourth-order valence-corrected chi connectivity index (χ4v) is 3.88. The number of nitrogens with zero attached hydrogens (tertiary/aromatic N) is 1. The van der Waals surface area contributed by atoms with Crippen molar-refractivity contribution in [1.29, 1.82) is 0 Å². The van der Waals surface area contributed by atoms with Gasteiger partial charge in [-0.15, -0.1) is 0 Å². The Morgan fingerprint density at radius 2 is 1.83 bits per heavy atom. The molecule has 2 saturated heterocycles.